The van der Waals surface area contributed by atoms with Gasteiger partial charge >= 0.3 is 5.97 Å². The Bertz CT molecular complexity index is 954. The van der Waals surface area contributed by atoms with Gasteiger partial charge in [-0.3, -0.25) is 9.59 Å². The number of rotatable bonds is 9. The van der Waals surface area contributed by atoms with Crippen LogP contribution in [0.25, 0.3) is 0 Å². The van der Waals surface area contributed by atoms with Crippen molar-refractivity contribution in [3.63, 3.8) is 0 Å². The predicted molar refractivity (Wildman–Crippen MR) is 127 cm³/mol. The number of carboxylic acids is 1. The van der Waals surface area contributed by atoms with Crippen LogP contribution < -0.4 is 10.6 Å². The maximum absolute atomic E-state index is 13.4. The van der Waals surface area contributed by atoms with Crippen LogP contribution in [0.5, 0.6) is 0 Å². The van der Waals surface area contributed by atoms with Gasteiger partial charge in [0.15, 0.2) is 0 Å². The first kappa shape index (κ1) is 27.9. The van der Waals surface area contributed by atoms with Gasteiger partial charge in [-0.15, -0.1) is 0 Å². The van der Waals surface area contributed by atoms with Gasteiger partial charge in [-0.05, 0) is 37.1 Å². The second-order valence-electron chi connectivity index (χ2n) is 9.85. The quantitative estimate of drug-likeness (QED) is 0.491. The molecule has 0 saturated heterocycles. The topological polar surface area (TPSA) is 123 Å². The second kappa shape index (κ2) is 11.1. The minimum absolute atomic E-state index is 0.112. The summed E-state index contributed by atoms with van der Waals surface area (Å²) in [5.74, 6) is -1.70. The number of likely N-dealkylation sites (N-methyl/N-ethyl adjacent to an activating group) is 2. The molecule has 8 heteroatoms. The van der Waals surface area contributed by atoms with E-state index in [1.54, 1.807) is 32.3 Å². The first-order valence-corrected chi connectivity index (χ1v) is 10.8. The van der Waals surface area contributed by atoms with Crippen molar-refractivity contribution < 1.29 is 19.5 Å². The summed E-state index contributed by atoms with van der Waals surface area (Å²) >= 11 is 0. The van der Waals surface area contributed by atoms with Crippen LogP contribution >= 0.6 is 0 Å². The van der Waals surface area contributed by atoms with E-state index in [-0.39, 0.29) is 23.9 Å². The van der Waals surface area contributed by atoms with E-state index in [0.29, 0.717) is 5.56 Å². The van der Waals surface area contributed by atoms with Crippen molar-refractivity contribution in [3.8, 4) is 6.07 Å². The first-order chi connectivity index (χ1) is 15.2. The van der Waals surface area contributed by atoms with Crippen LogP contribution in [0.2, 0.25) is 0 Å². The molecule has 0 bridgehead atoms. The van der Waals surface area contributed by atoms with Gasteiger partial charge < -0.3 is 20.6 Å². The van der Waals surface area contributed by atoms with E-state index < -0.39 is 28.9 Å². The first-order valence-electron chi connectivity index (χ1n) is 10.8. The van der Waals surface area contributed by atoms with Gasteiger partial charge in [-0.2, -0.15) is 5.26 Å². The number of hydrogen-bond acceptors (Lipinski definition) is 5. The molecule has 0 aliphatic heterocycles. The molecule has 1 aromatic carbocycles. The van der Waals surface area contributed by atoms with Gasteiger partial charge in [0.05, 0.1) is 17.7 Å². The molecule has 2 atom stereocenters. The molecule has 2 unspecified atom stereocenters. The van der Waals surface area contributed by atoms with Crippen LogP contribution in [0.3, 0.4) is 0 Å². The molecular formula is C25H36N4O4. The standard InChI is InChI=1S/C25H36N4O4/c1-16(23(32)33)12-13-29(8)22(31)20(24(2,3)4)28-21(30)19(27-7)25(5,6)18-11-9-10-17(14-18)15-26/h9-12,14,19-20,27H,13H2,1-8H3,(H,28,30)(H,32,33)/b16-12+. The van der Waals surface area contributed by atoms with E-state index in [2.05, 4.69) is 16.7 Å². The normalized spacial score (nSPS) is 14.1. The molecule has 0 fully saturated rings. The summed E-state index contributed by atoms with van der Waals surface area (Å²) in [6, 6.07) is 7.73. The van der Waals surface area contributed by atoms with Gasteiger partial charge in [-0.1, -0.05) is 52.8 Å². The molecule has 33 heavy (non-hydrogen) atoms. The molecule has 1 rings (SSSR count). The van der Waals surface area contributed by atoms with Crippen molar-refractivity contribution in [3.05, 3.63) is 47.0 Å². The molecule has 0 aromatic heterocycles. The van der Waals surface area contributed by atoms with E-state index in [1.165, 1.54) is 17.9 Å². The third kappa shape index (κ3) is 7.16. The van der Waals surface area contributed by atoms with Crippen LogP contribution in [0.15, 0.2) is 35.9 Å². The van der Waals surface area contributed by atoms with Crippen molar-refractivity contribution in [2.24, 2.45) is 5.41 Å². The number of aliphatic carboxylic acids is 1. The number of nitrogens with zero attached hydrogens (tertiary/aromatic N) is 2. The fraction of sp³-hybridized carbons (Fsp3) is 0.520. The van der Waals surface area contributed by atoms with Gasteiger partial charge in [0.1, 0.15) is 6.04 Å². The number of nitriles is 1. The summed E-state index contributed by atoms with van der Waals surface area (Å²) in [4.78, 5) is 39.0. The van der Waals surface area contributed by atoms with Gasteiger partial charge in [0.25, 0.3) is 0 Å². The smallest absolute Gasteiger partial charge is 0.331 e. The fourth-order valence-corrected chi connectivity index (χ4v) is 3.52. The van der Waals surface area contributed by atoms with Crippen LogP contribution in [-0.2, 0) is 19.8 Å². The van der Waals surface area contributed by atoms with E-state index >= 15 is 0 Å². The number of amides is 2. The third-order valence-corrected chi connectivity index (χ3v) is 5.79. The zero-order valence-corrected chi connectivity index (χ0v) is 20.8. The lowest BCUT2D eigenvalue weighted by atomic mass is 9.76. The summed E-state index contributed by atoms with van der Waals surface area (Å²) in [5, 5.41) is 24.2. The van der Waals surface area contributed by atoms with Crippen molar-refractivity contribution in [2.45, 2.75) is 59.0 Å². The van der Waals surface area contributed by atoms with Gasteiger partial charge in [-0.25, -0.2) is 4.79 Å². The third-order valence-electron chi connectivity index (χ3n) is 5.79. The van der Waals surface area contributed by atoms with Crippen molar-refractivity contribution in [1.82, 2.24) is 15.5 Å². The largest absolute Gasteiger partial charge is 0.478 e. The molecular weight excluding hydrogens is 420 g/mol. The number of carboxylic acid groups (broad SMARTS) is 1. The Morgan fingerprint density at radius 3 is 2.27 bits per heavy atom. The Morgan fingerprint density at radius 2 is 1.79 bits per heavy atom. The molecule has 8 nitrogen and oxygen atoms in total. The molecule has 3 N–H and O–H groups in total. The molecule has 1 aromatic rings. The van der Waals surface area contributed by atoms with Gasteiger partial charge in [0, 0.05) is 24.6 Å². The van der Waals surface area contributed by atoms with Crippen molar-refractivity contribution in [1.29, 1.82) is 5.26 Å². The van der Waals surface area contributed by atoms with E-state index in [9.17, 15) is 19.6 Å². The maximum atomic E-state index is 13.4. The SMILES string of the molecule is CNC(C(=O)NC(C(=O)N(C)C/C=C(\C)C(=O)O)C(C)(C)C)C(C)(C)c1cccc(C#N)c1. The van der Waals surface area contributed by atoms with E-state index in [0.717, 1.165) is 5.56 Å². The summed E-state index contributed by atoms with van der Waals surface area (Å²) < 4.78 is 0. The Hall–Kier alpha value is -3.18. The van der Waals surface area contributed by atoms with Crippen LogP contribution in [0.1, 0.15) is 52.7 Å². The minimum Gasteiger partial charge on any atom is -0.478 e. The summed E-state index contributed by atoms with van der Waals surface area (Å²) in [5.41, 5.74) is 0.203. The predicted octanol–water partition coefficient (Wildman–Crippen LogP) is 2.44. The Kier molecular flexibility index (Phi) is 9.37. The second-order valence-corrected chi connectivity index (χ2v) is 9.85. The maximum Gasteiger partial charge on any atom is 0.331 e. The van der Waals surface area contributed by atoms with Crippen LogP contribution in [0, 0.1) is 16.7 Å². The molecule has 0 spiro atoms. The number of benzene rings is 1. The molecule has 0 saturated carbocycles. The highest BCUT2D eigenvalue weighted by Gasteiger charge is 2.40. The Balaban J connectivity index is 3.18. The lowest BCUT2D eigenvalue weighted by molar-refractivity contribution is -0.139. The highest BCUT2D eigenvalue weighted by molar-refractivity contribution is 5.91. The molecule has 0 aliphatic rings. The lowest BCUT2D eigenvalue weighted by Crippen LogP contribution is -2.60. The summed E-state index contributed by atoms with van der Waals surface area (Å²) in [7, 11) is 3.26. The number of hydrogen-bond donors (Lipinski definition) is 3. The van der Waals surface area contributed by atoms with E-state index in [1.807, 2.05) is 40.7 Å². The average Bonchev–Trinajstić information content (AvgIpc) is 2.74. The Labute approximate surface area is 196 Å². The molecule has 180 valence electrons. The Morgan fingerprint density at radius 1 is 1.18 bits per heavy atom. The minimum atomic E-state index is -1.05. The molecule has 0 heterocycles. The molecule has 2 amide bonds. The molecule has 0 aliphatic carbocycles. The highest BCUT2D eigenvalue weighted by Crippen LogP contribution is 2.29. The van der Waals surface area contributed by atoms with Crippen molar-refractivity contribution >= 4 is 17.8 Å². The van der Waals surface area contributed by atoms with Crippen LogP contribution in [0.4, 0.5) is 0 Å². The number of nitrogens with one attached hydrogen (secondary N) is 2. The van der Waals surface area contributed by atoms with Crippen LogP contribution in [-0.4, -0.2) is 60.5 Å². The average molecular weight is 457 g/mol. The summed E-state index contributed by atoms with van der Waals surface area (Å²) in [6.07, 6.45) is 1.46. The monoisotopic (exact) mass is 456 g/mol. The van der Waals surface area contributed by atoms with Gasteiger partial charge in [0.2, 0.25) is 11.8 Å². The lowest BCUT2D eigenvalue weighted by Gasteiger charge is -2.38. The molecule has 0 radical (unpaired) electrons. The number of carbonyl (C=O) groups excluding carboxylic acids is 2. The fourth-order valence-electron chi connectivity index (χ4n) is 3.52. The zero-order valence-electron chi connectivity index (χ0n) is 20.8. The highest BCUT2D eigenvalue weighted by atomic mass is 16.4. The van der Waals surface area contributed by atoms with Crippen molar-refractivity contribution in [2.75, 3.05) is 20.6 Å². The number of carbonyl (C=O) groups is 3. The summed E-state index contributed by atoms with van der Waals surface area (Å²) in [6.45, 7) is 11.0. The zero-order chi connectivity index (χ0) is 25.6. The van der Waals surface area contributed by atoms with E-state index in [4.69, 9.17) is 5.11 Å².